The number of pyridine rings is 1. The molecule has 0 spiro atoms. The van der Waals surface area contributed by atoms with Crippen molar-refractivity contribution in [3.05, 3.63) is 22.8 Å². The molecule has 1 aromatic heterocycles. The second-order valence-electron chi connectivity index (χ2n) is 4.03. The van der Waals surface area contributed by atoms with Crippen LogP contribution in [0.25, 0.3) is 0 Å². The summed E-state index contributed by atoms with van der Waals surface area (Å²) in [6, 6.07) is 3.78. The number of nitrogens with one attached hydrogen (secondary N) is 1. The molecule has 94 valence electrons. The molecule has 17 heavy (non-hydrogen) atoms. The first-order valence-corrected chi connectivity index (χ1v) is 7.35. The van der Waals surface area contributed by atoms with Gasteiger partial charge in [-0.15, -0.1) is 0 Å². The third-order valence-corrected chi connectivity index (χ3v) is 4.17. The molecule has 1 aliphatic heterocycles. The van der Waals surface area contributed by atoms with E-state index >= 15 is 0 Å². The second-order valence-corrected chi connectivity index (χ2v) is 5.46. The number of thioether (sulfide) groups is 1. The lowest BCUT2D eigenvalue weighted by atomic mass is 10.3. The molecule has 5 heteroatoms. The minimum absolute atomic E-state index is 0.422. The molecule has 2 heterocycles. The van der Waals surface area contributed by atoms with Crippen LogP contribution in [-0.2, 0) is 10.5 Å². The van der Waals surface area contributed by atoms with Gasteiger partial charge in [-0.3, -0.25) is 0 Å². The van der Waals surface area contributed by atoms with Crippen molar-refractivity contribution in [3.8, 4) is 0 Å². The SMILES string of the molecule is CNc1ccc(Cl)c(CSCC2CCCO2)n1. The van der Waals surface area contributed by atoms with E-state index in [2.05, 4.69) is 10.3 Å². The van der Waals surface area contributed by atoms with Crippen molar-refractivity contribution in [2.24, 2.45) is 0 Å². The lowest BCUT2D eigenvalue weighted by Gasteiger charge is -2.09. The summed E-state index contributed by atoms with van der Waals surface area (Å²) < 4.78 is 5.58. The van der Waals surface area contributed by atoms with Crippen molar-refractivity contribution in [1.82, 2.24) is 4.98 Å². The van der Waals surface area contributed by atoms with Crippen LogP contribution < -0.4 is 5.32 Å². The van der Waals surface area contributed by atoms with Crippen molar-refractivity contribution in [2.75, 3.05) is 24.7 Å². The second kappa shape index (κ2) is 6.47. The van der Waals surface area contributed by atoms with Crippen LogP contribution in [0.15, 0.2) is 12.1 Å². The normalized spacial score (nSPS) is 19.5. The summed E-state index contributed by atoms with van der Waals surface area (Å²) in [7, 11) is 1.86. The molecule has 0 aromatic carbocycles. The molecule has 0 saturated carbocycles. The molecule has 1 fully saturated rings. The smallest absolute Gasteiger partial charge is 0.126 e. The predicted molar refractivity (Wildman–Crippen MR) is 73.9 cm³/mol. The van der Waals surface area contributed by atoms with Crippen LogP contribution >= 0.6 is 23.4 Å². The molecule has 2 rings (SSSR count). The van der Waals surface area contributed by atoms with E-state index in [1.165, 1.54) is 12.8 Å². The first-order chi connectivity index (χ1) is 8.29. The van der Waals surface area contributed by atoms with Gasteiger partial charge < -0.3 is 10.1 Å². The zero-order chi connectivity index (χ0) is 12.1. The van der Waals surface area contributed by atoms with Gasteiger partial charge >= 0.3 is 0 Å². The predicted octanol–water partition coefficient (Wildman–Crippen LogP) is 3.19. The number of rotatable bonds is 5. The van der Waals surface area contributed by atoms with Gasteiger partial charge in [-0.2, -0.15) is 11.8 Å². The summed E-state index contributed by atoms with van der Waals surface area (Å²) in [5.74, 6) is 2.73. The van der Waals surface area contributed by atoms with E-state index in [-0.39, 0.29) is 0 Å². The van der Waals surface area contributed by atoms with E-state index in [1.54, 1.807) is 0 Å². The monoisotopic (exact) mass is 272 g/mol. The third kappa shape index (κ3) is 3.76. The average molecular weight is 273 g/mol. The summed E-state index contributed by atoms with van der Waals surface area (Å²) in [4.78, 5) is 4.45. The summed E-state index contributed by atoms with van der Waals surface area (Å²) in [5.41, 5.74) is 0.946. The van der Waals surface area contributed by atoms with Gasteiger partial charge in [0.05, 0.1) is 16.8 Å². The standard InChI is InChI=1S/C12H17ClN2OS/c1-14-12-5-4-10(13)11(15-12)8-17-7-9-3-2-6-16-9/h4-5,9H,2-3,6-8H2,1H3,(H,14,15). The number of ether oxygens (including phenoxy) is 1. The van der Waals surface area contributed by atoms with E-state index in [0.29, 0.717) is 6.10 Å². The Balaban J connectivity index is 1.84. The van der Waals surface area contributed by atoms with Gasteiger partial charge in [0, 0.05) is 25.2 Å². The number of halogens is 1. The van der Waals surface area contributed by atoms with Crippen LogP contribution in [0.4, 0.5) is 5.82 Å². The Bertz CT molecular complexity index is 370. The van der Waals surface area contributed by atoms with Crippen molar-refractivity contribution < 1.29 is 4.74 Å². The molecule has 1 aromatic rings. The summed E-state index contributed by atoms with van der Waals surface area (Å²) >= 11 is 7.95. The number of aromatic nitrogens is 1. The highest BCUT2D eigenvalue weighted by atomic mass is 35.5. The van der Waals surface area contributed by atoms with E-state index in [9.17, 15) is 0 Å². The molecule has 1 N–H and O–H groups in total. The number of nitrogens with zero attached hydrogens (tertiary/aromatic N) is 1. The zero-order valence-electron chi connectivity index (χ0n) is 9.91. The molecule has 1 unspecified atom stereocenters. The largest absolute Gasteiger partial charge is 0.377 e. The van der Waals surface area contributed by atoms with Gasteiger partial charge in [0.25, 0.3) is 0 Å². The van der Waals surface area contributed by atoms with E-state index in [0.717, 1.165) is 34.6 Å². The summed E-state index contributed by atoms with van der Waals surface area (Å²) in [6.45, 7) is 0.916. The highest BCUT2D eigenvalue weighted by Crippen LogP contribution is 2.24. The Hall–Kier alpha value is -0.450. The lowest BCUT2D eigenvalue weighted by molar-refractivity contribution is 0.129. The van der Waals surface area contributed by atoms with Crippen molar-refractivity contribution in [2.45, 2.75) is 24.7 Å². The molecule has 0 aliphatic carbocycles. The molecule has 1 atom stereocenters. The summed E-state index contributed by atoms with van der Waals surface area (Å²) in [6.07, 6.45) is 2.80. The number of anilines is 1. The molecule has 0 amide bonds. The molecule has 1 saturated heterocycles. The van der Waals surface area contributed by atoms with Crippen LogP contribution in [-0.4, -0.2) is 30.5 Å². The van der Waals surface area contributed by atoms with Crippen LogP contribution in [0.1, 0.15) is 18.5 Å². The van der Waals surface area contributed by atoms with Crippen LogP contribution in [0, 0.1) is 0 Å². The van der Waals surface area contributed by atoms with Gasteiger partial charge in [-0.05, 0) is 25.0 Å². The molecular formula is C12H17ClN2OS. The number of hydrogen-bond donors (Lipinski definition) is 1. The maximum Gasteiger partial charge on any atom is 0.126 e. The number of hydrogen-bond acceptors (Lipinski definition) is 4. The maximum atomic E-state index is 6.11. The van der Waals surface area contributed by atoms with E-state index in [1.807, 2.05) is 30.9 Å². The Morgan fingerprint density at radius 2 is 2.47 bits per heavy atom. The topological polar surface area (TPSA) is 34.1 Å². The van der Waals surface area contributed by atoms with Crippen LogP contribution in [0.2, 0.25) is 5.02 Å². The Morgan fingerprint density at radius 3 is 3.18 bits per heavy atom. The molecule has 1 aliphatic rings. The molecule has 3 nitrogen and oxygen atoms in total. The molecule has 0 bridgehead atoms. The van der Waals surface area contributed by atoms with Gasteiger partial charge in [-0.25, -0.2) is 4.98 Å². The van der Waals surface area contributed by atoms with Crippen LogP contribution in [0.5, 0.6) is 0 Å². The Kier molecular flexibility index (Phi) is 4.95. The van der Waals surface area contributed by atoms with Gasteiger partial charge in [0.2, 0.25) is 0 Å². The van der Waals surface area contributed by atoms with Gasteiger partial charge in [-0.1, -0.05) is 11.6 Å². The third-order valence-electron chi connectivity index (χ3n) is 2.74. The Morgan fingerprint density at radius 1 is 1.59 bits per heavy atom. The Labute approximate surface area is 111 Å². The lowest BCUT2D eigenvalue weighted by Crippen LogP contribution is -2.08. The summed E-state index contributed by atoms with van der Waals surface area (Å²) in [5, 5.41) is 3.76. The molecule has 0 radical (unpaired) electrons. The van der Waals surface area contributed by atoms with Crippen molar-refractivity contribution in [3.63, 3.8) is 0 Å². The zero-order valence-corrected chi connectivity index (χ0v) is 11.5. The minimum Gasteiger partial charge on any atom is -0.377 e. The van der Waals surface area contributed by atoms with Gasteiger partial charge in [0.15, 0.2) is 0 Å². The van der Waals surface area contributed by atoms with Crippen molar-refractivity contribution in [1.29, 1.82) is 0 Å². The average Bonchev–Trinajstić information content (AvgIpc) is 2.84. The fourth-order valence-corrected chi connectivity index (χ4v) is 3.10. The van der Waals surface area contributed by atoms with E-state index in [4.69, 9.17) is 16.3 Å². The van der Waals surface area contributed by atoms with Crippen LogP contribution in [0.3, 0.4) is 0 Å². The first-order valence-electron chi connectivity index (χ1n) is 5.82. The highest BCUT2D eigenvalue weighted by Gasteiger charge is 2.15. The fraction of sp³-hybridized carbons (Fsp3) is 0.583. The minimum atomic E-state index is 0.422. The highest BCUT2D eigenvalue weighted by molar-refractivity contribution is 7.98. The molecular weight excluding hydrogens is 256 g/mol. The fourth-order valence-electron chi connectivity index (χ4n) is 1.79. The van der Waals surface area contributed by atoms with E-state index < -0.39 is 0 Å². The maximum absolute atomic E-state index is 6.11. The van der Waals surface area contributed by atoms with Gasteiger partial charge in [0.1, 0.15) is 5.82 Å². The van der Waals surface area contributed by atoms with Crippen molar-refractivity contribution >= 4 is 29.2 Å². The first kappa shape index (κ1) is 13.0. The quantitative estimate of drug-likeness (QED) is 0.893.